The number of carbonyl (C=O) groups excluding carboxylic acids is 2. The molecular formula is C26H24N8O2. The molecule has 0 saturated carbocycles. The Morgan fingerprint density at radius 2 is 1.69 bits per heavy atom. The standard InChI is InChI=1S/C26H24N8O2/c27-20(15-17-9-3-1-4-10-17)25(35)29-24-26(36)34(16-22-30-32-33-31-22)21-14-8-7-13-19(21)23(28-24)18-11-5-2-6-12-18/h1-14,20,24H,15-16,27H2,(H,29,35)(H,30,31,32,33)/t20-,24+/m0/s1. The molecule has 180 valence electrons. The SMILES string of the molecule is N[C@@H](Cc1ccccc1)C(=O)N[C@H]1N=C(c2ccccc2)c2ccccc2N(Cc2nn[nH]n2)C1=O. The molecule has 1 aliphatic rings. The summed E-state index contributed by atoms with van der Waals surface area (Å²) in [5, 5.41) is 16.8. The number of tetrazole rings is 1. The molecule has 2 heterocycles. The second kappa shape index (κ2) is 10.3. The summed E-state index contributed by atoms with van der Waals surface area (Å²) in [6, 6.07) is 25.6. The van der Waals surface area contributed by atoms with Crippen molar-refractivity contribution in [1.82, 2.24) is 25.9 Å². The van der Waals surface area contributed by atoms with Crippen LogP contribution in [0.5, 0.6) is 0 Å². The molecule has 3 aromatic carbocycles. The molecule has 0 bridgehead atoms. The highest BCUT2D eigenvalue weighted by atomic mass is 16.2. The number of hydrogen-bond donors (Lipinski definition) is 3. The van der Waals surface area contributed by atoms with Gasteiger partial charge in [-0.1, -0.05) is 84.1 Å². The lowest BCUT2D eigenvalue weighted by molar-refractivity contribution is -0.128. The van der Waals surface area contributed by atoms with E-state index in [1.807, 2.05) is 84.9 Å². The van der Waals surface area contributed by atoms with Gasteiger partial charge in [0.2, 0.25) is 12.1 Å². The Morgan fingerprint density at radius 1 is 1.00 bits per heavy atom. The summed E-state index contributed by atoms with van der Waals surface area (Å²) in [5.41, 5.74) is 9.89. The fourth-order valence-electron chi connectivity index (χ4n) is 4.11. The molecule has 2 amide bonds. The summed E-state index contributed by atoms with van der Waals surface area (Å²) in [4.78, 5) is 33.2. The van der Waals surface area contributed by atoms with Gasteiger partial charge in [-0.15, -0.1) is 10.2 Å². The number of nitrogens with zero attached hydrogens (tertiary/aromatic N) is 5. The Labute approximate surface area is 207 Å². The number of carbonyl (C=O) groups is 2. The average Bonchev–Trinajstić information content (AvgIpc) is 3.40. The number of fused-ring (bicyclic) bond motifs is 1. The molecule has 0 spiro atoms. The van der Waals surface area contributed by atoms with Crippen LogP contribution in [0.15, 0.2) is 89.9 Å². The Bertz CT molecular complexity index is 1370. The number of anilines is 1. The summed E-state index contributed by atoms with van der Waals surface area (Å²) in [7, 11) is 0. The molecule has 5 rings (SSSR count). The molecule has 0 fully saturated rings. The van der Waals surface area contributed by atoms with Gasteiger partial charge in [0.15, 0.2) is 5.82 Å². The van der Waals surface area contributed by atoms with Crippen LogP contribution < -0.4 is 16.0 Å². The molecule has 0 saturated heterocycles. The zero-order chi connectivity index (χ0) is 24.9. The topological polar surface area (TPSA) is 142 Å². The molecule has 10 heteroatoms. The van der Waals surface area contributed by atoms with Crippen LogP contribution in [0.3, 0.4) is 0 Å². The predicted molar refractivity (Wildman–Crippen MR) is 134 cm³/mol. The van der Waals surface area contributed by atoms with Gasteiger partial charge in [0.05, 0.1) is 24.0 Å². The minimum absolute atomic E-state index is 0.0480. The normalized spacial score (nSPS) is 16.0. The van der Waals surface area contributed by atoms with Crippen LogP contribution in [0.2, 0.25) is 0 Å². The predicted octanol–water partition coefficient (Wildman–Crippen LogP) is 1.60. The summed E-state index contributed by atoms with van der Waals surface area (Å²) >= 11 is 0. The maximum atomic E-state index is 13.8. The molecule has 4 N–H and O–H groups in total. The Morgan fingerprint density at radius 3 is 2.42 bits per heavy atom. The summed E-state index contributed by atoms with van der Waals surface area (Å²) in [6.07, 6.45) is -0.871. The highest BCUT2D eigenvalue weighted by molar-refractivity contribution is 6.20. The van der Waals surface area contributed by atoms with E-state index in [9.17, 15) is 9.59 Å². The van der Waals surface area contributed by atoms with Crippen molar-refractivity contribution >= 4 is 23.2 Å². The van der Waals surface area contributed by atoms with Crippen molar-refractivity contribution in [2.75, 3.05) is 4.90 Å². The van der Waals surface area contributed by atoms with E-state index in [1.54, 1.807) is 0 Å². The third-order valence-electron chi connectivity index (χ3n) is 5.86. The first-order chi connectivity index (χ1) is 17.6. The number of aromatic amines is 1. The van der Waals surface area contributed by atoms with Gasteiger partial charge < -0.3 is 16.0 Å². The first-order valence-electron chi connectivity index (χ1n) is 11.5. The van der Waals surface area contributed by atoms with Gasteiger partial charge in [0, 0.05) is 11.1 Å². The van der Waals surface area contributed by atoms with Crippen molar-refractivity contribution in [3.05, 3.63) is 107 Å². The number of amides is 2. The van der Waals surface area contributed by atoms with E-state index in [0.29, 0.717) is 23.6 Å². The van der Waals surface area contributed by atoms with Crippen molar-refractivity contribution in [1.29, 1.82) is 0 Å². The van der Waals surface area contributed by atoms with Crippen molar-refractivity contribution < 1.29 is 9.59 Å². The number of nitrogens with one attached hydrogen (secondary N) is 2. The molecule has 0 radical (unpaired) electrons. The van der Waals surface area contributed by atoms with Gasteiger partial charge in [0.1, 0.15) is 0 Å². The van der Waals surface area contributed by atoms with Crippen molar-refractivity contribution in [3.63, 3.8) is 0 Å². The highest BCUT2D eigenvalue weighted by Crippen LogP contribution is 2.29. The Hall–Kier alpha value is -4.70. The summed E-state index contributed by atoms with van der Waals surface area (Å²) < 4.78 is 0. The number of H-pyrrole nitrogens is 1. The van der Waals surface area contributed by atoms with E-state index in [4.69, 9.17) is 10.7 Å². The van der Waals surface area contributed by atoms with E-state index in [0.717, 1.165) is 16.7 Å². The van der Waals surface area contributed by atoms with E-state index >= 15 is 0 Å². The van der Waals surface area contributed by atoms with Crippen LogP contribution >= 0.6 is 0 Å². The van der Waals surface area contributed by atoms with Crippen LogP contribution in [0.1, 0.15) is 22.5 Å². The highest BCUT2D eigenvalue weighted by Gasteiger charge is 2.34. The van der Waals surface area contributed by atoms with Crippen molar-refractivity contribution in [2.24, 2.45) is 10.7 Å². The minimum atomic E-state index is -1.20. The van der Waals surface area contributed by atoms with E-state index in [-0.39, 0.29) is 6.54 Å². The van der Waals surface area contributed by atoms with Gasteiger partial charge in [-0.2, -0.15) is 5.21 Å². The number of para-hydroxylation sites is 1. The van der Waals surface area contributed by atoms with E-state index in [1.165, 1.54) is 4.90 Å². The van der Waals surface area contributed by atoms with Gasteiger partial charge in [-0.3, -0.25) is 9.59 Å². The van der Waals surface area contributed by atoms with Crippen LogP contribution in [0.4, 0.5) is 5.69 Å². The molecule has 4 aromatic rings. The molecule has 0 unspecified atom stereocenters. The molecule has 1 aliphatic heterocycles. The van der Waals surface area contributed by atoms with Gasteiger partial charge in [-0.05, 0) is 18.1 Å². The number of benzodiazepines with no additional fused rings is 1. The monoisotopic (exact) mass is 480 g/mol. The first-order valence-corrected chi connectivity index (χ1v) is 11.5. The van der Waals surface area contributed by atoms with Gasteiger partial charge in [-0.25, -0.2) is 4.99 Å². The zero-order valence-electron chi connectivity index (χ0n) is 19.3. The Kier molecular flexibility index (Phi) is 6.59. The number of nitrogens with two attached hydrogens (primary N) is 1. The van der Waals surface area contributed by atoms with Crippen molar-refractivity contribution in [2.45, 2.75) is 25.2 Å². The molecule has 2 atom stereocenters. The number of aromatic nitrogens is 4. The molecule has 0 aliphatic carbocycles. The lowest BCUT2D eigenvalue weighted by Gasteiger charge is -2.24. The molecular weight excluding hydrogens is 456 g/mol. The van der Waals surface area contributed by atoms with E-state index in [2.05, 4.69) is 25.9 Å². The summed E-state index contributed by atoms with van der Waals surface area (Å²) in [6.45, 7) is 0.0480. The van der Waals surface area contributed by atoms with Crippen LogP contribution in [0.25, 0.3) is 0 Å². The smallest absolute Gasteiger partial charge is 0.272 e. The zero-order valence-corrected chi connectivity index (χ0v) is 19.3. The van der Waals surface area contributed by atoms with E-state index < -0.39 is 24.0 Å². The lowest BCUT2D eigenvalue weighted by atomic mass is 10.0. The fourth-order valence-corrected chi connectivity index (χ4v) is 4.11. The van der Waals surface area contributed by atoms with Crippen molar-refractivity contribution in [3.8, 4) is 0 Å². The number of rotatable bonds is 7. The third kappa shape index (κ3) is 4.89. The number of benzene rings is 3. The maximum absolute atomic E-state index is 13.8. The first kappa shape index (κ1) is 23.1. The van der Waals surface area contributed by atoms with Gasteiger partial charge in [0.25, 0.3) is 5.91 Å². The number of aliphatic imine (C=N–C) groups is 1. The summed E-state index contributed by atoms with van der Waals surface area (Å²) in [5.74, 6) is -0.579. The van der Waals surface area contributed by atoms with Crippen LogP contribution in [-0.4, -0.2) is 50.4 Å². The van der Waals surface area contributed by atoms with Crippen LogP contribution in [-0.2, 0) is 22.6 Å². The number of hydrogen-bond acceptors (Lipinski definition) is 7. The molecule has 36 heavy (non-hydrogen) atoms. The Balaban J connectivity index is 1.52. The van der Waals surface area contributed by atoms with Crippen LogP contribution in [0, 0.1) is 0 Å². The largest absolute Gasteiger partial charge is 0.325 e. The quantitative estimate of drug-likeness (QED) is 0.367. The second-order valence-corrected chi connectivity index (χ2v) is 8.32. The maximum Gasteiger partial charge on any atom is 0.272 e. The second-order valence-electron chi connectivity index (χ2n) is 8.32. The third-order valence-corrected chi connectivity index (χ3v) is 5.86. The fraction of sp³-hybridized carbons (Fsp3) is 0.154. The van der Waals surface area contributed by atoms with Gasteiger partial charge >= 0.3 is 0 Å². The lowest BCUT2D eigenvalue weighted by Crippen LogP contribution is -2.52. The molecule has 10 nitrogen and oxygen atoms in total. The average molecular weight is 481 g/mol. The molecule has 1 aromatic heterocycles. The minimum Gasteiger partial charge on any atom is -0.325 e.